The van der Waals surface area contributed by atoms with Crippen molar-refractivity contribution in [2.75, 3.05) is 13.3 Å². The normalized spacial score (nSPS) is 45.3. The summed E-state index contributed by atoms with van der Waals surface area (Å²) in [5.74, 6) is 2.32. The van der Waals surface area contributed by atoms with Crippen molar-refractivity contribution < 1.29 is 0 Å². The minimum Gasteiger partial charge on any atom is -0.109 e. The number of fused-ring (bicyclic) bond motifs is 2. The van der Waals surface area contributed by atoms with Gasteiger partial charge in [0, 0.05) is 0 Å². The summed E-state index contributed by atoms with van der Waals surface area (Å²) >= 11 is 0. The van der Waals surface area contributed by atoms with Gasteiger partial charge in [-0.05, 0) is 56.5 Å². The van der Waals surface area contributed by atoms with E-state index >= 15 is 0 Å². The molecule has 0 spiro atoms. The summed E-state index contributed by atoms with van der Waals surface area (Å²) in [4.78, 5) is 0. The Hall–Kier alpha value is 0.430. The molecule has 0 N–H and O–H groups in total. The van der Waals surface area contributed by atoms with E-state index in [1.54, 1.807) is 25.7 Å². The fraction of sp³-hybridized carbons (Fsp3) is 1.00. The lowest BCUT2D eigenvalue weighted by molar-refractivity contribution is 0.480. The SMILES string of the molecule is CP(C)C1C2CCC1CC2. The van der Waals surface area contributed by atoms with Gasteiger partial charge in [0.15, 0.2) is 0 Å². The standard InChI is InChI=1S/C9H17P/c1-10(2)9-7-3-4-8(9)6-5-7/h7-9H,3-6H2,1-2H3. The number of hydrogen-bond acceptors (Lipinski definition) is 0. The van der Waals surface area contributed by atoms with Crippen molar-refractivity contribution >= 4 is 7.92 Å². The third-order valence-electron chi connectivity index (χ3n) is 3.38. The third-order valence-corrected chi connectivity index (χ3v) is 5.41. The molecule has 58 valence electrons. The molecule has 2 aliphatic rings. The van der Waals surface area contributed by atoms with Crippen molar-refractivity contribution in [3.8, 4) is 0 Å². The molecule has 2 aliphatic carbocycles. The van der Waals surface area contributed by atoms with Gasteiger partial charge in [0.1, 0.15) is 0 Å². The van der Waals surface area contributed by atoms with Gasteiger partial charge in [0.25, 0.3) is 0 Å². The predicted molar refractivity (Wildman–Crippen MR) is 48.0 cm³/mol. The minimum absolute atomic E-state index is 0.382. The average Bonchev–Trinajstić information content (AvgIpc) is 2.43. The maximum atomic E-state index is 2.47. The third kappa shape index (κ3) is 0.925. The van der Waals surface area contributed by atoms with Crippen LogP contribution in [0, 0.1) is 11.8 Å². The van der Waals surface area contributed by atoms with Crippen molar-refractivity contribution in [2.45, 2.75) is 31.3 Å². The zero-order valence-corrected chi connectivity index (χ0v) is 7.90. The molecule has 2 fully saturated rings. The molecule has 0 aromatic rings. The van der Waals surface area contributed by atoms with E-state index in [-0.39, 0.29) is 0 Å². The summed E-state index contributed by atoms with van der Waals surface area (Å²) in [5, 5.41) is 0. The number of rotatable bonds is 1. The fourth-order valence-electron chi connectivity index (χ4n) is 3.06. The summed E-state index contributed by atoms with van der Waals surface area (Å²) in [6, 6.07) is 0. The summed E-state index contributed by atoms with van der Waals surface area (Å²) in [6.45, 7) is 4.94. The Morgan fingerprint density at radius 1 is 0.900 bits per heavy atom. The highest BCUT2D eigenvalue weighted by molar-refractivity contribution is 7.56. The van der Waals surface area contributed by atoms with Crippen LogP contribution in [0.4, 0.5) is 0 Å². The predicted octanol–water partition coefficient (Wildman–Crippen LogP) is 2.92. The Morgan fingerprint density at radius 2 is 1.30 bits per heavy atom. The molecular formula is C9H17P. The monoisotopic (exact) mass is 156 g/mol. The quantitative estimate of drug-likeness (QED) is 0.512. The molecule has 0 atom stereocenters. The second-order valence-corrected chi connectivity index (χ2v) is 6.65. The van der Waals surface area contributed by atoms with E-state index < -0.39 is 0 Å². The molecule has 0 aromatic heterocycles. The fourth-order valence-corrected chi connectivity index (χ4v) is 5.34. The van der Waals surface area contributed by atoms with E-state index in [2.05, 4.69) is 13.3 Å². The minimum atomic E-state index is 0.382. The van der Waals surface area contributed by atoms with Crippen LogP contribution in [0.3, 0.4) is 0 Å². The molecule has 10 heavy (non-hydrogen) atoms. The zero-order chi connectivity index (χ0) is 7.14. The molecule has 2 rings (SSSR count). The van der Waals surface area contributed by atoms with Crippen LogP contribution in [0.25, 0.3) is 0 Å². The molecular weight excluding hydrogens is 139 g/mol. The summed E-state index contributed by atoms with van der Waals surface area (Å²) in [5.41, 5.74) is 1.18. The molecule has 1 heteroatoms. The molecule has 0 radical (unpaired) electrons. The van der Waals surface area contributed by atoms with E-state index in [9.17, 15) is 0 Å². The Labute approximate surface area is 65.1 Å². The van der Waals surface area contributed by atoms with Crippen LogP contribution < -0.4 is 0 Å². The molecule has 0 unspecified atom stereocenters. The van der Waals surface area contributed by atoms with Gasteiger partial charge < -0.3 is 0 Å². The van der Waals surface area contributed by atoms with Gasteiger partial charge in [0.2, 0.25) is 0 Å². The molecule has 0 aromatic carbocycles. The number of hydrogen-bond donors (Lipinski definition) is 0. The van der Waals surface area contributed by atoms with E-state index in [0.29, 0.717) is 7.92 Å². The van der Waals surface area contributed by atoms with Gasteiger partial charge in [0.05, 0.1) is 0 Å². The van der Waals surface area contributed by atoms with Crippen LogP contribution in [0.5, 0.6) is 0 Å². The van der Waals surface area contributed by atoms with Crippen molar-refractivity contribution in [3.05, 3.63) is 0 Å². The molecule has 0 heterocycles. The first-order chi connectivity index (χ1) is 4.79. The topological polar surface area (TPSA) is 0 Å². The lowest BCUT2D eigenvalue weighted by Crippen LogP contribution is -2.09. The highest BCUT2D eigenvalue weighted by atomic mass is 31.1. The largest absolute Gasteiger partial charge is 0.109 e. The van der Waals surface area contributed by atoms with Crippen molar-refractivity contribution in [1.29, 1.82) is 0 Å². The lowest BCUT2D eigenvalue weighted by Gasteiger charge is -2.19. The summed E-state index contributed by atoms with van der Waals surface area (Å²) < 4.78 is 0. The second-order valence-electron chi connectivity index (χ2n) is 4.13. The Morgan fingerprint density at radius 3 is 1.50 bits per heavy atom. The molecule has 0 aliphatic heterocycles. The maximum Gasteiger partial charge on any atom is -0.0157 e. The van der Waals surface area contributed by atoms with Crippen molar-refractivity contribution in [2.24, 2.45) is 11.8 Å². The van der Waals surface area contributed by atoms with Crippen LogP contribution >= 0.6 is 7.92 Å². The zero-order valence-electron chi connectivity index (χ0n) is 7.01. The molecule has 2 bridgehead atoms. The van der Waals surface area contributed by atoms with E-state index in [1.165, 1.54) is 5.66 Å². The molecule has 0 amide bonds. The second kappa shape index (κ2) is 2.48. The van der Waals surface area contributed by atoms with Gasteiger partial charge in [-0.2, -0.15) is 0 Å². The van der Waals surface area contributed by atoms with Gasteiger partial charge in [-0.25, -0.2) is 0 Å². The van der Waals surface area contributed by atoms with Crippen molar-refractivity contribution in [3.63, 3.8) is 0 Å². The van der Waals surface area contributed by atoms with Crippen molar-refractivity contribution in [1.82, 2.24) is 0 Å². The van der Waals surface area contributed by atoms with Crippen LogP contribution in [-0.2, 0) is 0 Å². The first kappa shape index (κ1) is 7.10. The summed E-state index contributed by atoms with van der Waals surface area (Å²) in [6.07, 6.45) is 6.26. The highest BCUT2D eigenvalue weighted by Gasteiger charge is 2.42. The maximum absolute atomic E-state index is 2.47. The van der Waals surface area contributed by atoms with Gasteiger partial charge in [-0.15, -0.1) is 7.92 Å². The van der Waals surface area contributed by atoms with Crippen LogP contribution in [0.2, 0.25) is 0 Å². The Kier molecular flexibility index (Phi) is 1.76. The average molecular weight is 156 g/mol. The van der Waals surface area contributed by atoms with Gasteiger partial charge in [-0.1, -0.05) is 0 Å². The first-order valence-corrected chi connectivity index (χ1v) is 6.76. The van der Waals surface area contributed by atoms with Crippen LogP contribution in [0.15, 0.2) is 0 Å². The van der Waals surface area contributed by atoms with Crippen LogP contribution in [-0.4, -0.2) is 19.0 Å². The smallest absolute Gasteiger partial charge is 0.0157 e. The van der Waals surface area contributed by atoms with E-state index in [4.69, 9.17) is 0 Å². The highest BCUT2D eigenvalue weighted by Crippen LogP contribution is 2.57. The molecule has 2 saturated carbocycles. The van der Waals surface area contributed by atoms with E-state index in [1.807, 2.05) is 0 Å². The molecule has 0 saturated heterocycles. The Bertz CT molecular complexity index is 111. The molecule has 0 nitrogen and oxygen atoms in total. The summed E-state index contributed by atoms with van der Waals surface area (Å²) in [7, 11) is 0.382. The van der Waals surface area contributed by atoms with Gasteiger partial charge >= 0.3 is 0 Å². The van der Waals surface area contributed by atoms with E-state index in [0.717, 1.165) is 11.8 Å². The lowest BCUT2D eigenvalue weighted by atomic mass is 10.0. The first-order valence-electron chi connectivity index (χ1n) is 4.45. The Balaban J connectivity index is 2.09. The van der Waals surface area contributed by atoms with Gasteiger partial charge in [-0.3, -0.25) is 0 Å². The van der Waals surface area contributed by atoms with Crippen LogP contribution in [0.1, 0.15) is 25.7 Å².